The number of carbonyl (C=O) groups excluding carboxylic acids is 1. The number of carbonyl (C=O) groups is 1. The van der Waals surface area contributed by atoms with Gasteiger partial charge in [-0.2, -0.15) is 0 Å². The van der Waals surface area contributed by atoms with Gasteiger partial charge in [-0.05, 0) is 27.7 Å². The highest BCUT2D eigenvalue weighted by Gasteiger charge is 2.27. The maximum absolute atomic E-state index is 11.9. The number of nitrogens with zero attached hydrogens (tertiary/aromatic N) is 1. The molecule has 1 aromatic heterocycles. The molecule has 0 aliphatic carbocycles. The maximum atomic E-state index is 11.9. The van der Waals surface area contributed by atoms with Crippen LogP contribution in [0, 0.1) is 6.92 Å². The van der Waals surface area contributed by atoms with Gasteiger partial charge < -0.3 is 19.7 Å². The highest BCUT2D eigenvalue weighted by Crippen LogP contribution is 2.20. The van der Waals surface area contributed by atoms with Crippen LogP contribution < -0.4 is 10.1 Å². The zero-order valence-corrected chi connectivity index (χ0v) is 10.7. The molecule has 0 radical (unpaired) electrons. The van der Waals surface area contributed by atoms with E-state index in [0.717, 1.165) is 0 Å². The van der Waals surface area contributed by atoms with E-state index in [1.807, 2.05) is 0 Å². The molecule has 1 atom stereocenters. The fraction of sp³-hybridized carbons (Fsp3) is 0.636. The summed E-state index contributed by atoms with van der Waals surface area (Å²) in [4.78, 5) is 11.9. The third-order valence-electron chi connectivity index (χ3n) is 2.69. The predicted molar refractivity (Wildman–Crippen MR) is 61.0 cm³/mol. The van der Waals surface area contributed by atoms with Gasteiger partial charge in [0.1, 0.15) is 0 Å². The lowest BCUT2D eigenvalue weighted by molar-refractivity contribution is 0.0406. The molecule has 96 valence electrons. The summed E-state index contributed by atoms with van der Waals surface area (Å²) in [6.45, 7) is 6.63. The third-order valence-corrected chi connectivity index (χ3v) is 2.69. The Balaban J connectivity index is 2.80. The second-order valence-electron chi connectivity index (χ2n) is 4.50. The van der Waals surface area contributed by atoms with Gasteiger partial charge in [-0.25, -0.2) is 0 Å². The molecule has 1 rings (SSSR count). The van der Waals surface area contributed by atoms with Gasteiger partial charge in [-0.1, -0.05) is 5.16 Å². The standard InChI is InChI=1S/C11H18N2O4/c1-6-8(13-17-10(6)16-5)9(14)12-7(2)11(3,4)15/h7,15H,1-5H3,(H,12,14). The monoisotopic (exact) mass is 242 g/mol. The first-order valence-corrected chi connectivity index (χ1v) is 5.31. The molecule has 0 spiro atoms. The molecule has 1 aromatic rings. The average molecular weight is 242 g/mol. The molecule has 0 saturated heterocycles. The molecule has 0 saturated carbocycles. The van der Waals surface area contributed by atoms with Crippen LogP contribution in [-0.4, -0.2) is 34.9 Å². The highest BCUT2D eigenvalue weighted by atomic mass is 16.6. The Morgan fingerprint density at radius 3 is 2.59 bits per heavy atom. The molecule has 1 unspecified atom stereocenters. The second kappa shape index (κ2) is 4.75. The van der Waals surface area contributed by atoms with Gasteiger partial charge >= 0.3 is 5.95 Å². The van der Waals surface area contributed by atoms with E-state index in [2.05, 4.69) is 10.5 Å². The zero-order valence-electron chi connectivity index (χ0n) is 10.7. The zero-order chi connectivity index (χ0) is 13.2. The van der Waals surface area contributed by atoms with E-state index in [4.69, 9.17) is 9.26 Å². The highest BCUT2D eigenvalue weighted by molar-refractivity contribution is 5.94. The van der Waals surface area contributed by atoms with Crippen molar-refractivity contribution in [2.45, 2.75) is 39.3 Å². The average Bonchev–Trinajstić information content (AvgIpc) is 2.57. The number of aliphatic hydroxyl groups is 1. The Bertz CT molecular complexity index is 406. The normalized spacial score (nSPS) is 13.3. The Kier molecular flexibility index (Phi) is 3.77. The Morgan fingerprint density at radius 1 is 1.59 bits per heavy atom. The summed E-state index contributed by atoms with van der Waals surface area (Å²) in [7, 11) is 1.44. The molecule has 6 nitrogen and oxygen atoms in total. The largest absolute Gasteiger partial charge is 0.467 e. The van der Waals surface area contributed by atoms with Crippen LogP contribution in [0.5, 0.6) is 5.95 Å². The number of nitrogens with one attached hydrogen (secondary N) is 1. The summed E-state index contributed by atoms with van der Waals surface area (Å²) in [5.74, 6) is -0.185. The number of rotatable bonds is 4. The topological polar surface area (TPSA) is 84.6 Å². The minimum Gasteiger partial charge on any atom is -0.467 e. The van der Waals surface area contributed by atoms with Gasteiger partial charge in [0.25, 0.3) is 5.91 Å². The fourth-order valence-electron chi connectivity index (χ4n) is 1.16. The molecular formula is C11H18N2O4. The van der Waals surface area contributed by atoms with Crippen molar-refractivity contribution in [2.75, 3.05) is 7.11 Å². The van der Waals surface area contributed by atoms with E-state index in [1.165, 1.54) is 7.11 Å². The predicted octanol–water partition coefficient (Wildman–Crippen LogP) is 0.881. The summed E-state index contributed by atoms with van der Waals surface area (Å²) in [5, 5.41) is 16.0. The number of aromatic nitrogens is 1. The quantitative estimate of drug-likeness (QED) is 0.818. The molecule has 0 aliphatic rings. The molecule has 0 bridgehead atoms. The minimum absolute atomic E-state index is 0.165. The van der Waals surface area contributed by atoms with Crippen molar-refractivity contribution < 1.29 is 19.2 Å². The summed E-state index contributed by atoms with van der Waals surface area (Å²) < 4.78 is 9.73. The van der Waals surface area contributed by atoms with Crippen LogP contribution in [0.15, 0.2) is 4.52 Å². The van der Waals surface area contributed by atoms with E-state index in [9.17, 15) is 9.90 Å². The van der Waals surface area contributed by atoms with E-state index < -0.39 is 17.6 Å². The minimum atomic E-state index is -1.00. The smallest absolute Gasteiger partial charge is 0.314 e. The molecular weight excluding hydrogens is 224 g/mol. The van der Waals surface area contributed by atoms with Crippen LogP contribution in [0.1, 0.15) is 36.8 Å². The Labute approximate surface area is 99.9 Å². The molecule has 1 heterocycles. The van der Waals surface area contributed by atoms with Crippen molar-refractivity contribution >= 4 is 5.91 Å². The van der Waals surface area contributed by atoms with Crippen LogP contribution in [0.4, 0.5) is 0 Å². The first kappa shape index (κ1) is 13.5. The van der Waals surface area contributed by atoms with Crippen LogP contribution >= 0.6 is 0 Å². The molecule has 0 fully saturated rings. The van der Waals surface area contributed by atoms with Crippen LogP contribution in [-0.2, 0) is 0 Å². The van der Waals surface area contributed by atoms with Gasteiger partial charge in [0.15, 0.2) is 5.69 Å². The number of amides is 1. The number of hydrogen-bond donors (Lipinski definition) is 2. The van der Waals surface area contributed by atoms with Crippen LogP contribution in [0.25, 0.3) is 0 Å². The lowest BCUT2D eigenvalue weighted by atomic mass is 10.0. The van der Waals surface area contributed by atoms with Crippen molar-refractivity contribution in [1.29, 1.82) is 0 Å². The van der Waals surface area contributed by atoms with E-state index in [-0.39, 0.29) is 11.6 Å². The molecule has 17 heavy (non-hydrogen) atoms. The van der Waals surface area contributed by atoms with Crippen molar-refractivity contribution in [2.24, 2.45) is 0 Å². The lowest BCUT2D eigenvalue weighted by Crippen LogP contribution is -2.47. The van der Waals surface area contributed by atoms with Crippen molar-refractivity contribution in [3.05, 3.63) is 11.3 Å². The van der Waals surface area contributed by atoms with Gasteiger partial charge in [0.05, 0.1) is 24.3 Å². The molecule has 6 heteroatoms. The van der Waals surface area contributed by atoms with Crippen LogP contribution in [0.2, 0.25) is 0 Å². The summed E-state index contributed by atoms with van der Waals surface area (Å²) in [5.41, 5.74) is -0.303. The van der Waals surface area contributed by atoms with E-state index >= 15 is 0 Å². The van der Waals surface area contributed by atoms with Gasteiger partial charge in [0, 0.05) is 0 Å². The van der Waals surface area contributed by atoms with E-state index in [1.54, 1.807) is 27.7 Å². The Hall–Kier alpha value is -1.56. The van der Waals surface area contributed by atoms with Gasteiger partial charge in [0.2, 0.25) is 0 Å². The first-order valence-electron chi connectivity index (χ1n) is 5.31. The van der Waals surface area contributed by atoms with Gasteiger partial charge in [-0.3, -0.25) is 4.79 Å². The summed E-state index contributed by atoms with van der Waals surface area (Å²) in [6.07, 6.45) is 0. The Morgan fingerprint density at radius 2 is 2.18 bits per heavy atom. The number of methoxy groups -OCH3 is 1. The number of ether oxygens (including phenoxy) is 1. The van der Waals surface area contributed by atoms with Gasteiger partial charge in [-0.15, -0.1) is 0 Å². The molecule has 1 amide bonds. The lowest BCUT2D eigenvalue weighted by Gasteiger charge is -2.26. The van der Waals surface area contributed by atoms with Crippen molar-refractivity contribution in [3.8, 4) is 5.95 Å². The second-order valence-corrected chi connectivity index (χ2v) is 4.50. The maximum Gasteiger partial charge on any atom is 0.314 e. The fourth-order valence-corrected chi connectivity index (χ4v) is 1.16. The van der Waals surface area contributed by atoms with Crippen LogP contribution in [0.3, 0.4) is 0 Å². The molecule has 2 N–H and O–H groups in total. The molecule has 0 aliphatic heterocycles. The third kappa shape index (κ3) is 2.97. The SMILES string of the molecule is COc1onc(C(=O)NC(C)C(C)(C)O)c1C. The summed E-state index contributed by atoms with van der Waals surface area (Å²) in [6, 6.07) is -0.405. The summed E-state index contributed by atoms with van der Waals surface area (Å²) >= 11 is 0. The first-order chi connectivity index (χ1) is 7.77. The van der Waals surface area contributed by atoms with Crippen molar-refractivity contribution in [1.82, 2.24) is 10.5 Å². The van der Waals surface area contributed by atoms with Crippen molar-refractivity contribution in [3.63, 3.8) is 0 Å². The molecule has 0 aromatic carbocycles. The number of hydrogen-bond acceptors (Lipinski definition) is 5. The van der Waals surface area contributed by atoms with E-state index in [0.29, 0.717) is 5.56 Å².